The first kappa shape index (κ1) is 27.0. The molecule has 40 heavy (non-hydrogen) atoms. The number of aromatic nitrogens is 3. The van der Waals surface area contributed by atoms with E-state index >= 15 is 0 Å². The van der Waals surface area contributed by atoms with Gasteiger partial charge in [0.15, 0.2) is 0 Å². The van der Waals surface area contributed by atoms with Crippen LogP contribution in [0, 0.1) is 6.92 Å². The number of carbonyl (C=O) groups excluding carboxylic acids is 2. The Morgan fingerprint density at radius 1 is 0.950 bits per heavy atom. The SMILES string of the molecule is CCC(=O)N1CCN(Cc2ccc(C(=O)Nc3ccc(C)c(Nc4nccc(-c5cccnc5)n4)c3)cc2)CC1. The van der Waals surface area contributed by atoms with Crippen LogP contribution < -0.4 is 10.6 Å². The molecular weight excluding hydrogens is 502 g/mol. The highest BCUT2D eigenvalue weighted by Crippen LogP contribution is 2.25. The molecule has 5 rings (SSSR count). The lowest BCUT2D eigenvalue weighted by molar-refractivity contribution is -0.132. The molecule has 0 aliphatic carbocycles. The molecular formula is C31H33N7O2. The zero-order valence-corrected chi connectivity index (χ0v) is 22.8. The highest BCUT2D eigenvalue weighted by atomic mass is 16.2. The molecule has 2 aromatic heterocycles. The van der Waals surface area contributed by atoms with Crippen molar-refractivity contribution < 1.29 is 9.59 Å². The molecule has 3 heterocycles. The number of hydrogen-bond acceptors (Lipinski definition) is 7. The summed E-state index contributed by atoms with van der Waals surface area (Å²) in [4.78, 5) is 42.3. The first-order valence-electron chi connectivity index (χ1n) is 13.5. The van der Waals surface area contributed by atoms with Crippen LogP contribution in [0.2, 0.25) is 0 Å². The molecule has 204 valence electrons. The van der Waals surface area contributed by atoms with E-state index in [9.17, 15) is 9.59 Å². The summed E-state index contributed by atoms with van der Waals surface area (Å²) < 4.78 is 0. The van der Waals surface area contributed by atoms with Crippen molar-refractivity contribution in [2.45, 2.75) is 26.8 Å². The van der Waals surface area contributed by atoms with Gasteiger partial charge in [-0.1, -0.05) is 25.1 Å². The van der Waals surface area contributed by atoms with Crippen LogP contribution in [-0.4, -0.2) is 62.7 Å². The topological polar surface area (TPSA) is 103 Å². The van der Waals surface area contributed by atoms with Crippen LogP contribution in [0.4, 0.5) is 17.3 Å². The number of piperazine rings is 1. The Kier molecular flexibility index (Phi) is 8.41. The number of benzene rings is 2. The first-order chi connectivity index (χ1) is 19.5. The van der Waals surface area contributed by atoms with E-state index in [0.29, 0.717) is 23.6 Å². The van der Waals surface area contributed by atoms with Crippen LogP contribution >= 0.6 is 0 Å². The standard InChI is InChI=1S/C31H33N7O2/c1-3-29(39)38-17-15-37(16-18-38)21-23-7-9-24(10-8-23)30(40)34-26-11-6-22(2)28(19-26)36-31-33-14-12-27(35-31)25-5-4-13-32-20-25/h4-14,19-20H,3,15-18,21H2,1-2H3,(H,34,40)(H,33,35,36). The Balaban J connectivity index is 1.19. The molecule has 0 radical (unpaired) electrons. The molecule has 0 atom stereocenters. The summed E-state index contributed by atoms with van der Waals surface area (Å²) in [5.41, 5.74) is 5.87. The number of hydrogen-bond donors (Lipinski definition) is 2. The lowest BCUT2D eigenvalue weighted by atomic mass is 10.1. The summed E-state index contributed by atoms with van der Waals surface area (Å²) in [6, 6.07) is 19.1. The maximum Gasteiger partial charge on any atom is 0.255 e. The second-order valence-corrected chi connectivity index (χ2v) is 9.82. The second kappa shape index (κ2) is 12.5. The van der Waals surface area contributed by atoms with Crippen LogP contribution in [-0.2, 0) is 11.3 Å². The van der Waals surface area contributed by atoms with Crippen molar-refractivity contribution in [1.29, 1.82) is 0 Å². The Morgan fingerprint density at radius 2 is 1.75 bits per heavy atom. The van der Waals surface area contributed by atoms with Gasteiger partial charge in [0.05, 0.1) is 5.69 Å². The maximum atomic E-state index is 13.0. The van der Waals surface area contributed by atoms with E-state index in [1.165, 1.54) is 0 Å². The van der Waals surface area contributed by atoms with Gasteiger partial charge in [-0.05, 0) is 60.5 Å². The summed E-state index contributed by atoms with van der Waals surface area (Å²) in [7, 11) is 0. The van der Waals surface area contributed by atoms with E-state index < -0.39 is 0 Å². The Bertz CT molecular complexity index is 1470. The van der Waals surface area contributed by atoms with Crippen LogP contribution in [0.5, 0.6) is 0 Å². The van der Waals surface area contributed by atoms with Gasteiger partial charge in [-0.25, -0.2) is 9.97 Å². The third-order valence-electron chi connectivity index (χ3n) is 7.00. The number of pyridine rings is 1. The molecule has 2 aromatic carbocycles. The van der Waals surface area contributed by atoms with E-state index in [2.05, 4.69) is 30.5 Å². The fourth-order valence-electron chi connectivity index (χ4n) is 4.65. The van der Waals surface area contributed by atoms with Crippen LogP contribution in [0.25, 0.3) is 11.3 Å². The van der Waals surface area contributed by atoms with E-state index in [1.54, 1.807) is 18.6 Å². The molecule has 4 aromatic rings. The van der Waals surface area contributed by atoms with E-state index in [0.717, 1.165) is 60.8 Å². The quantitative estimate of drug-likeness (QED) is 0.331. The molecule has 2 amide bonds. The minimum atomic E-state index is -0.178. The molecule has 1 aliphatic heterocycles. The molecule has 0 unspecified atom stereocenters. The number of anilines is 3. The lowest BCUT2D eigenvalue weighted by Gasteiger charge is -2.34. The normalized spacial score (nSPS) is 13.6. The number of carbonyl (C=O) groups is 2. The van der Waals surface area contributed by atoms with Crippen molar-refractivity contribution in [3.05, 3.63) is 95.9 Å². The number of aryl methyl sites for hydroxylation is 1. The monoisotopic (exact) mass is 535 g/mol. The zero-order chi connectivity index (χ0) is 27.9. The minimum Gasteiger partial charge on any atom is -0.340 e. The van der Waals surface area contributed by atoms with Crippen molar-refractivity contribution >= 4 is 29.1 Å². The van der Waals surface area contributed by atoms with Gasteiger partial charge >= 0.3 is 0 Å². The van der Waals surface area contributed by atoms with Gasteiger partial charge in [0.2, 0.25) is 11.9 Å². The summed E-state index contributed by atoms with van der Waals surface area (Å²) in [5.74, 6) is 0.500. The van der Waals surface area contributed by atoms with Crippen molar-refractivity contribution in [2.75, 3.05) is 36.8 Å². The van der Waals surface area contributed by atoms with Gasteiger partial charge in [-0.2, -0.15) is 0 Å². The van der Waals surface area contributed by atoms with Gasteiger partial charge < -0.3 is 15.5 Å². The molecule has 1 aliphatic rings. The molecule has 0 saturated carbocycles. The fourth-order valence-corrected chi connectivity index (χ4v) is 4.65. The van der Waals surface area contributed by atoms with Crippen LogP contribution in [0.15, 0.2) is 79.3 Å². The van der Waals surface area contributed by atoms with Crippen molar-refractivity contribution in [1.82, 2.24) is 24.8 Å². The Labute approximate surface area is 234 Å². The third-order valence-corrected chi connectivity index (χ3v) is 7.00. The molecule has 0 bridgehead atoms. The molecule has 0 spiro atoms. The Morgan fingerprint density at radius 3 is 2.48 bits per heavy atom. The third kappa shape index (κ3) is 6.68. The second-order valence-electron chi connectivity index (χ2n) is 9.82. The number of amides is 2. The predicted octanol–water partition coefficient (Wildman–Crippen LogP) is 4.90. The summed E-state index contributed by atoms with van der Waals surface area (Å²) in [5, 5.41) is 6.27. The van der Waals surface area contributed by atoms with E-state index in [-0.39, 0.29) is 11.8 Å². The predicted molar refractivity (Wildman–Crippen MR) is 156 cm³/mol. The van der Waals surface area contributed by atoms with Crippen molar-refractivity contribution in [2.24, 2.45) is 0 Å². The summed E-state index contributed by atoms with van der Waals surface area (Å²) in [6.07, 6.45) is 5.75. The van der Waals surface area contributed by atoms with E-state index in [1.807, 2.05) is 79.4 Å². The first-order valence-corrected chi connectivity index (χ1v) is 13.5. The molecule has 1 saturated heterocycles. The number of rotatable bonds is 8. The van der Waals surface area contributed by atoms with Crippen molar-refractivity contribution in [3.63, 3.8) is 0 Å². The summed E-state index contributed by atoms with van der Waals surface area (Å²) >= 11 is 0. The van der Waals surface area contributed by atoms with Gasteiger partial charge in [0.1, 0.15) is 0 Å². The molecule has 1 fully saturated rings. The number of nitrogens with zero attached hydrogens (tertiary/aromatic N) is 5. The van der Waals surface area contributed by atoms with Crippen LogP contribution in [0.3, 0.4) is 0 Å². The highest BCUT2D eigenvalue weighted by molar-refractivity contribution is 6.04. The fraction of sp³-hybridized carbons (Fsp3) is 0.258. The van der Waals surface area contributed by atoms with Gasteiger partial charge in [0, 0.05) is 80.2 Å². The average Bonchev–Trinajstić information content (AvgIpc) is 3.00. The number of nitrogens with one attached hydrogen (secondary N) is 2. The summed E-state index contributed by atoms with van der Waals surface area (Å²) in [6.45, 7) is 7.94. The minimum absolute atomic E-state index is 0.178. The van der Waals surface area contributed by atoms with Gasteiger partial charge in [-0.15, -0.1) is 0 Å². The van der Waals surface area contributed by atoms with Crippen molar-refractivity contribution in [3.8, 4) is 11.3 Å². The van der Waals surface area contributed by atoms with Gasteiger partial charge in [-0.3, -0.25) is 19.5 Å². The van der Waals surface area contributed by atoms with Gasteiger partial charge in [0.25, 0.3) is 5.91 Å². The largest absolute Gasteiger partial charge is 0.340 e. The molecule has 2 N–H and O–H groups in total. The molecule has 9 nitrogen and oxygen atoms in total. The zero-order valence-electron chi connectivity index (χ0n) is 22.8. The van der Waals surface area contributed by atoms with E-state index in [4.69, 9.17) is 0 Å². The Hall–Kier alpha value is -4.63. The average molecular weight is 536 g/mol. The highest BCUT2D eigenvalue weighted by Gasteiger charge is 2.20. The molecule has 9 heteroatoms. The van der Waals surface area contributed by atoms with Crippen LogP contribution in [0.1, 0.15) is 34.8 Å². The maximum absolute atomic E-state index is 13.0. The smallest absolute Gasteiger partial charge is 0.255 e. The lowest BCUT2D eigenvalue weighted by Crippen LogP contribution is -2.48.